The first-order valence-electron chi connectivity index (χ1n) is 12.4. The van der Waals surface area contributed by atoms with E-state index >= 15 is 0 Å². The van der Waals surface area contributed by atoms with Crippen LogP contribution in [-0.2, 0) is 6.54 Å². The lowest BCUT2D eigenvalue weighted by molar-refractivity contribution is 0.0783. The molecule has 0 aliphatic heterocycles. The number of rotatable bonds is 9. The average molecular weight is 511 g/mol. The Balaban J connectivity index is 1.40. The SMILES string of the molecule is CCNc1cc2c(cn1)c(-c1cnn(C[C@@H](O)CO)c1)nn2C1CCC(Oc2cccc(Cl)c2)CC1. The number of hydrogen-bond acceptors (Lipinski definition) is 7. The summed E-state index contributed by atoms with van der Waals surface area (Å²) >= 11 is 6.11. The molecule has 190 valence electrons. The van der Waals surface area contributed by atoms with Crippen molar-refractivity contribution in [2.75, 3.05) is 18.5 Å². The molecule has 0 radical (unpaired) electrons. The van der Waals surface area contributed by atoms with Crippen molar-refractivity contribution in [1.82, 2.24) is 24.5 Å². The first-order chi connectivity index (χ1) is 17.5. The van der Waals surface area contributed by atoms with Crippen molar-refractivity contribution in [3.05, 3.63) is 53.9 Å². The summed E-state index contributed by atoms with van der Waals surface area (Å²) in [5.41, 5.74) is 2.68. The molecule has 1 saturated carbocycles. The highest BCUT2D eigenvalue weighted by Crippen LogP contribution is 2.36. The second-order valence-corrected chi connectivity index (χ2v) is 9.64. The van der Waals surface area contributed by atoms with Crippen LogP contribution in [0.4, 0.5) is 5.82 Å². The Morgan fingerprint density at radius 2 is 2.03 bits per heavy atom. The largest absolute Gasteiger partial charge is 0.490 e. The topological polar surface area (TPSA) is 110 Å². The van der Waals surface area contributed by atoms with Crippen molar-refractivity contribution in [2.45, 2.75) is 57.4 Å². The first kappa shape index (κ1) is 24.5. The second kappa shape index (κ2) is 10.9. The number of ether oxygens (including phenoxy) is 1. The molecule has 10 heteroatoms. The van der Waals surface area contributed by atoms with E-state index in [2.05, 4.69) is 26.1 Å². The van der Waals surface area contributed by atoms with Crippen LogP contribution in [0.3, 0.4) is 0 Å². The minimum atomic E-state index is -0.860. The van der Waals surface area contributed by atoms with E-state index in [1.54, 1.807) is 10.9 Å². The zero-order valence-electron chi connectivity index (χ0n) is 20.2. The summed E-state index contributed by atoms with van der Waals surface area (Å²) < 4.78 is 9.95. The Hall–Kier alpha value is -3.14. The summed E-state index contributed by atoms with van der Waals surface area (Å²) in [5, 5.41) is 33.3. The molecule has 1 aliphatic carbocycles. The molecule has 1 fully saturated rings. The molecule has 3 N–H and O–H groups in total. The third kappa shape index (κ3) is 5.33. The van der Waals surface area contributed by atoms with Crippen molar-refractivity contribution < 1.29 is 14.9 Å². The summed E-state index contributed by atoms with van der Waals surface area (Å²) in [7, 11) is 0. The van der Waals surface area contributed by atoms with E-state index in [1.165, 1.54) is 0 Å². The number of pyridine rings is 1. The molecule has 4 aromatic rings. The van der Waals surface area contributed by atoms with Crippen molar-refractivity contribution in [2.24, 2.45) is 0 Å². The highest BCUT2D eigenvalue weighted by atomic mass is 35.5. The molecule has 1 aromatic carbocycles. The third-order valence-electron chi connectivity index (χ3n) is 6.55. The molecule has 9 nitrogen and oxygen atoms in total. The molecule has 0 unspecified atom stereocenters. The van der Waals surface area contributed by atoms with Crippen LogP contribution < -0.4 is 10.1 Å². The summed E-state index contributed by atoms with van der Waals surface area (Å²) in [6.45, 7) is 2.73. The number of benzene rings is 1. The second-order valence-electron chi connectivity index (χ2n) is 9.20. The van der Waals surface area contributed by atoms with Crippen LogP contribution in [0.2, 0.25) is 5.02 Å². The lowest BCUT2D eigenvalue weighted by atomic mass is 9.93. The highest BCUT2D eigenvalue weighted by Gasteiger charge is 2.27. The quantitative estimate of drug-likeness (QED) is 0.308. The van der Waals surface area contributed by atoms with Gasteiger partial charge in [-0.25, -0.2) is 4.98 Å². The van der Waals surface area contributed by atoms with Gasteiger partial charge in [-0.3, -0.25) is 9.36 Å². The molecule has 0 saturated heterocycles. The molecule has 1 atom stereocenters. The number of halogens is 1. The zero-order valence-corrected chi connectivity index (χ0v) is 21.0. The number of nitrogens with zero attached hydrogens (tertiary/aromatic N) is 5. The van der Waals surface area contributed by atoms with Gasteiger partial charge in [-0.1, -0.05) is 17.7 Å². The summed E-state index contributed by atoms with van der Waals surface area (Å²) in [6.07, 6.45) is 8.48. The molecule has 0 bridgehead atoms. The van der Waals surface area contributed by atoms with Crippen LogP contribution in [0.5, 0.6) is 5.75 Å². The Kier molecular flexibility index (Phi) is 7.41. The van der Waals surface area contributed by atoms with Gasteiger partial charge in [-0.05, 0) is 50.8 Å². The lowest BCUT2D eigenvalue weighted by Gasteiger charge is -2.29. The molecule has 36 heavy (non-hydrogen) atoms. The van der Waals surface area contributed by atoms with Gasteiger partial charge in [0.1, 0.15) is 17.3 Å². The number of aliphatic hydroxyl groups is 2. The van der Waals surface area contributed by atoms with Crippen LogP contribution >= 0.6 is 11.6 Å². The maximum atomic E-state index is 9.78. The third-order valence-corrected chi connectivity index (χ3v) is 6.79. The van der Waals surface area contributed by atoms with Gasteiger partial charge in [0.05, 0.1) is 43.1 Å². The monoisotopic (exact) mass is 510 g/mol. The van der Waals surface area contributed by atoms with Gasteiger partial charge in [-0.2, -0.15) is 10.2 Å². The standard InChI is InChI=1S/C26H31ClN6O3/c1-2-28-25-11-24-23(13-29-25)26(17-12-30-32(14-17)15-20(35)16-34)31-33(24)19-6-8-21(9-7-19)36-22-5-3-4-18(27)10-22/h3-5,10-14,19-21,34-35H,2,6-9,15-16H2,1H3,(H,28,29)/t19?,20-,21?/m1/s1. The van der Waals surface area contributed by atoms with Crippen LogP contribution in [-0.4, -0.2) is 60.1 Å². The molecule has 3 heterocycles. The first-order valence-corrected chi connectivity index (χ1v) is 12.8. The Bertz CT molecular complexity index is 1310. The molecule has 1 aliphatic rings. The predicted octanol–water partition coefficient (Wildman–Crippen LogP) is 4.30. The van der Waals surface area contributed by atoms with Gasteiger partial charge in [0.25, 0.3) is 0 Å². The minimum absolute atomic E-state index is 0.149. The van der Waals surface area contributed by atoms with E-state index in [4.69, 9.17) is 26.5 Å². The number of nitrogens with one attached hydrogen (secondary N) is 1. The number of hydrogen-bond donors (Lipinski definition) is 3. The van der Waals surface area contributed by atoms with E-state index in [9.17, 15) is 5.11 Å². The van der Waals surface area contributed by atoms with Gasteiger partial charge in [-0.15, -0.1) is 0 Å². The van der Waals surface area contributed by atoms with Gasteiger partial charge in [0, 0.05) is 41.0 Å². The number of fused-ring (bicyclic) bond motifs is 1. The van der Waals surface area contributed by atoms with Crippen LogP contribution in [0.25, 0.3) is 22.2 Å². The number of anilines is 1. The fourth-order valence-corrected chi connectivity index (χ4v) is 4.98. The molecule has 5 rings (SSSR count). The van der Waals surface area contributed by atoms with Crippen molar-refractivity contribution in [1.29, 1.82) is 0 Å². The summed E-state index contributed by atoms with van der Waals surface area (Å²) in [5.74, 6) is 1.62. The Morgan fingerprint density at radius 3 is 2.78 bits per heavy atom. The maximum Gasteiger partial charge on any atom is 0.128 e. The zero-order chi connectivity index (χ0) is 25.1. The number of aliphatic hydroxyl groups excluding tert-OH is 2. The Morgan fingerprint density at radius 1 is 1.19 bits per heavy atom. The van der Waals surface area contributed by atoms with E-state index in [1.807, 2.05) is 43.6 Å². The van der Waals surface area contributed by atoms with Crippen LogP contribution in [0.1, 0.15) is 38.6 Å². The van der Waals surface area contributed by atoms with E-state index in [0.717, 1.165) is 66.0 Å². The minimum Gasteiger partial charge on any atom is -0.490 e. The van der Waals surface area contributed by atoms with Gasteiger partial charge >= 0.3 is 0 Å². The number of aromatic nitrogens is 5. The molecular formula is C26H31ClN6O3. The summed E-state index contributed by atoms with van der Waals surface area (Å²) in [6, 6.07) is 9.85. The molecule has 0 spiro atoms. The van der Waals surface area contributed by atoms with Crippen LogP contribution in [0, 0.1) is 0 Å². The normalized spacial score (nSPS) is 18.9. The predicted molar refractivity (Wildman–Crippen MR) is 139 cm³/mol. The van der Waals surface area contributed by atoms with Crippen molar-refractivity contribution in [3.63, 3.8) is 0 Å². The average Bonchev–Trinajstić information content (AvgIpc) is 3.49. The smallest absolute Gasteiger partial charge is 0.128 e. The van der Waals surface area contributed by atoms with E-state index in [-0.39, 0.29) is 25.3 Å². The van der Waals surface area contributed by atoms with E-state index < -0.39 is 6.10 Å². The van der Waals surface area contributed by atoms with Crippen LogP contribution in [0.15, 0.2) is 48.9 Å². The van der Waals surface area contributed by atoms with E-state index in [0.29, 0.717) is 5.02 Å². The lowest BCUT2D eigenvalue weighted by Crippen LogP contribution is -2.26. The molecule has 0 amide bonds. The summed E-state index contributed by atoms with van der Waals surface area (Å²) in [4.78, 5) is 4.58. The van der Waals surface area contributed by atoms with Crippen molar-refractivity contribution in [3.8, 4) is 17.0 Å². The highest BCUT2D eigenvalue weighted by molar-refractivity contribution is 6.30. The van der Waals surface area contributed by atoms with Gasteiger partial charge < -0.3 is 20.3 Å². The fraction of sp³-hybridized carbons (Fsp3) is 0.423. The van der Waals surface area contributed by atoms with Gasteiger partial charge in [0.2, 0.25) is 0 Å². The maximum absolute atomic E-state index is 9.78. The Labute approximate surface area is 214 Å². The fourth-order valence-electron chi connectivity index (χ4n) is 4.80. The van der Waals surface area contributed by atoms with Gasteiger partial charge in [0.15, 0.2) is 0 Å². The molecular weight excluding hydrogens is 480 g/mol. The van der Waals surface area contributed by atoms with Crippen molar-refractivity contribution >= 4 is 28.3 Å². The molecule has 3 aromatic heterocycles.